The number of hydrazine groups is 1. The van der Waals surface area contributed by atoms with Crippen molar-refractivity contribution in [2.75, 3.05) is 20.3 Å². The van der Waals surface area contributed by atoms with Gasteiger partial charge in [0.05, 0.1) is 12.5 Å². The summed E-state index contributed by atoms with van der Waals surface area (Å²) in [6.07, 6.45) is 7.81. The summed E-state index contributed by atoms with van der Waals surface area (Å²) in [4.78, 5) is 12.7. The standard InChI is InChI=1S/C18H34N2O3/c1-18(2,3)23-17(21)15-10-6-5-7-11-16(15)19-20-12-8-9-14(20)13-22-4/h14-16,19H,5-13H2,1-4H3/t14-,15-,16-/m0/s1. The normalized spacial score (nSPS) is 30.2. The Kier molecular flexibility index (Phi) is 6.86. The van der Waals surface area contributed by atoms with Gasteiger partial charge < -0.3 is 9.47 Å². The van der Waals surface area contributed by atoms with E-state index < -0.39 is 5.60 Å². The maximum atomic E-state index is 12.7. The minimum atomic E-state index is -0.417. The van der Waals surface area contributed by atoms with E-state index in [-0.39, 0.29) is 17.9 Å². The Morgan fingerprint density at radius 2 is 1.87 bits per heavy atom. The second-order valence-electron chi connectivity index (χ2n) is 7.96. The van der Waals surface area contributed by atoms with Gasteiger partial charge in [-0.25, -0.2) is 5.01 Å². The molecule has 2 fully saturated rings. The van der Waals surface area contributed by atoms with Crippen molar-refractivity contribution < 1.29 is 14.3 Å². The van der Waals surface area contributed by atoms with Crippen LogP contribution in [0.3, 0.4) is 0 Å². The lowest BCUT2D eigenvalue weighted by Gasteiger charge is -2.34. The second-order valence-corrected chi connectivity index (χ2v) is 7.96. The summed E-state index contributed by atoms with van der Waals surface area (Å²) < 4.78 is 11.0. The van der Waals surface area contributed by atoms with Crippen molar-refractivity contribution in [3.05, 3.63) is 0 Å². The molecule has 0 aromatic heterocycles. The van der Waals surface area contributed by atoms with E-state index in [1.54, 1.807) is 7.11 Å². The van der Waals surface area contributed by atoms with Gasteiger partial charge in [-0.2, -0.15) is 0 Å². The fraction of sp³-hybridized carbons (Fsp3) is 0.944. The molecule has 1 N–H and O–H groups in total. The molecular formula is C18H34N2O3. The Balaban J connectivity index is 2.01. The number of rotatable bonds is 5. The van der Waals surface area contributed by atoms with Crippen LogP contribution in [0.5, 0.6) is 0 Å². The molecule has 0 amide bonds. The van der Waals surface area contributed by atoms with Crippen LogP contribution < -0.4 is 5.43 Å². The van der Waals surface area contributed by atoms with Crippen LogP contribution in [-0.2, 0) is 14.3 Å². The molecule has 1 aliphatic carbocycles. The van der Waals surface area contributed by atoms with Gasteiger partial charge in [0.2, 0.25) is 0 Å². The van der Waals surface area contributed by atoms with Gasteiger partial charge in [0.15, 0.2) is 0 Å². The maximum Gasteiger partial charge on any atom is 0.311 e. The molecule has 1 heterocycles. The molecule has 0 unspecified atom stereocenters. The van der Waals surface area contributed by atoms with Gasteiger partial charge in [-0.15, -0.1) is 0 Å². The topological polar surface area (TPSA) is 50.8 Å². The van der Waals surface area contributed by atoms with E-state index in [9.17, 15) is 4.79 Å². The fourth-order valence-electron chi connectivity index (χ4n) is 3.71. The largest absolute Gasteiger partial charge is 0.460 e. The third kappa shape index (κ3) is 5.73. The van der Waals surface area contributed by atoms with Crippen molar-refractivity contribution in [2.45, 2.75) is 83.4 Å². The molecule has 2 aliphatic rings. The van der Waals surface area contributed by atoms with Gasteiger partial charge in [0.25, 0.3) is 0 Å². The highest BCUT2D eigenvalue weighted by Gasteiger charge is 2.36. The van der Waals surface area contributed by atoms with Crippen LogP contribution in [0, 0.1) is 5.92 Å². The zero-order valence-corrected chi connectivity index (χ0v) is 15.3. The minimum Gasteiger partial charge on any atom is -0.460 e. The first-order valence-corrected chi connectivity index (χ1v) is 9.15. The van der Waals surface area contributed by atoms with Crippen LogP contribution in [0.1, 0.15) is 65.7 Å². The Morgan fingerprint density at radius 1 is 1.13 bits per heavy atom. The Morgan fingerprint density at radius 3 is 2.57 bits per heavy atom. The van der Waals surface area contributed by atoms with E-state index in [0.717, 1.165) is 38.8 Å². The first kappa shape index (κ1) is 18.7. The number of nitrogens with one attached hydrogen (secondary N) is 1. The third-order valence-electron chi connectivity index (χ3n) is 4.79. The molecular weight excluding hydrogens is 292 g/mol. The predicted molar refractivity (Wildman–Crippen MR) is 90.9 cm³/mol. The van der Waals surface area contributed by atoms with Crippen LogP contribution in [-0.4, -0.2) is 48.9 Å². The third-order valence-corrected chi connectivity index (χ3v) is 4.79. The number of hydrogen-bond acceptors (Lipinski definition) is 5. The van der Waals surface area contributed by atoms with Crippen molar-refractivity contribution in [2.24, 2.45) is 5.92 Å². The van der Waals surface area contributed by atoms with Crippen molar-refractivity contribution in [3.63, 3.8) is 0 Å². The molecule has 23 heavy (non-hydrogen) atoms. The molecule has 1 saturated carbocycles. The van der Waals surface area contributed by atoms with E-state index in [4.69, 9.17) is 9.47 Å². The smallest absolute Gasteiger partial charge is 0.311 e. The lowest BCUT2D eigenvalue weighted by molar-refractivity contribution is -0.162. The number of ether oxygens (including phenoxy) is 2. The van der Waals surface area contributed by atoms with Gasteiger partial charge >= 0.3 is 5.97 Å². The van der Waals surface area contributed by atoms with Crippen molar-refractivity contribution >= 4 is 5.97 Å². The molecule has 3 atom stereocenters. The molecule has 134 valence electrons. The van der Waals surface area contributed by atoms with E-state index in [1.807, 2.05) is 20.8 Å². The highest BCUT2D eigenvalue weighted by molar-refractivity contribution is 5.73. The summed E-state index contributed by atoms with van der Waals surface area (Å²) in [6, 6.07) is 0.604. The van der Waals surface area contributed by atoms with Crippen molar-refractivity contribution in [1.82, 2.24) is 10.4 Å². The van der Waals surface area contributed by atoms with Gasteiger partial charge in [0.1, 0.15) is 5.60 Å². The lowest BCUT2D eigenvalue weighted by atomic mass is 9.95. The Bertz CT molecular complexity index is 381. The SMILES string of the molecule is COC[C@@H]1CCCN1N[C@H]1CCCCC[C@@H]1C(=O)OC(C)(C)C. The molecule has 0 radical (unpaired) electrons. The average Bonchev–Trinajstić information content (AvgIpc) is 2.74. The van der Waals surface area contributed by atoms with Crippen LogP contribution >= 0.6 is 0 Å². The first-order chi connectivity index (χ1) is 10.9. The predicted octanol–water partition coefficient (Wildman–Crippen LogP) is 2.89. The first-order valence-electron chi connectivity index (χ1n) is 9.15. The summed E-state index contributed by atoms with van der Waals surface area (Å²) in [5.41, 5.74) is 3.25. The van der Waals surface area contributed by atoms with Gasteiger partial charge in [-0.1, -0.05) is 19.3 Å². The monoisotopic (exact) mass is 326 g/mol. The van der Waals surface area contributed by atoms with Crippen molar-refractivity contribution in [3.8, 4) is 0 Å². The van der Waals surface area contributed by atoms with E-state index in [2.05, 4.69) is 10.4 Å². The highest BCUT2D eigenvalue weighted by Crippen LogP contribution is 2.28. The lowest BCUT2D eigenvalue weighted by Crippen LogP contribution is -2.52. The number of methoxy groups -OCH3 is 1. The van der Waals surface area contributed by atoms with E-state index >= 15 is 0 Å². The van der Waals surface area contributed by atoms with Crippen molar-refractivity contribution in [1.29, 1.82) is 0 Å². The number of carbonyl (C=O) groups is 1. The van der Waals surface area contributed by atoms with E-state index in [1.165, 1.54) is 19.3 Å². The zero-order valence-electron chi connectivity index (χ0n) is 15.3. The second kappa shape index (κ2) is 8.45. The highest BCUT2D eigenvalue weighted by atomic mass is 16.6. The van der Waals surface area contributed by atoms with Crippen LogP contribution in [0.2, 0.25) is 0 Å². The van der Waals surface area contributed by atoms with Crippen LogP contribution in [0.25, 0.3) is 0 Å². The van der Waals surface area contributed by atoms with Crippen LogP contribution in [0.15, 0.2) is 0 Å². The summed E-state index contributed by atoms with van der Waals surface area (Å²) >= 11 is 0. The summed E-state index contributed by atoms with van der Waals surface area (Å²) in [5.74, 6) is -0.0834. The van der Waals surface area contributed by atoms with Crippen LogP contribution in [0.4, 0.5) is 0 Å². The Labute approximate surface area is 141 Å². The maximum absolute atomic E-state index is 12.7. The minimum absolute atomic E-state index is 0.0412. The summed E-state index contributed by atoms with van der Waals surface area (Å²) in [7, 11) is 1.76. The van der Waals surface area contributed by atoms with Gasteiger partial charge in [-0.05, 0) is 46.5 Å². The molecule has 1 aliphatic heterocycles. The number of esters is 1. The Hall–Kier alpha value is -0.650. The molecule has 5 heteroatoms. The summed E-state index contributed by atoms with van der Waals surface area (Å²) in [5, 5.41) is 2.30. The number of nitrogens with zero attached hydrogens (tertiary/aromatic N) is 1. The van der Waals surface area contributed by atoms with Gasteiger partial charge in [-0.3, -0.25) is 10.2 Å². The molecule has 0 spiro atoms. The van der Waals surface area contributed by atoms with E-state index in [0.29, 0.717) is 6.04 Å². The fourth-order valence-corrected chi connectivity index (χ4v) is 3.71. The number of carbonyl (C=O) groups excluding carboxylic acids is 1. The molecule has 0 bridgehead atoms. The summed E-state index contributed by atoms with van der Waals surface area (Å²) in [6.45, 7) is 7.61. The molecule has 0 aromatic rings. The average molecular weight is 326 g/mol. The molecule has 1 saturated heterocycles. The molecule has 0 aromatic carbocycles. The zero-order chi connectivity index (χ0) is 16.9. The molecule has 5 nitrogen and oxygen atoms in total. The quantitative estimate of drug-likeness (QED) is 0.622. The number of hydrogen-bond donors (Lipinski definition) is 1. The molecule has 2 rings (SSSR count). The van der Waals surface area contributed by atoms with Gasteiger partial charge in [0, 0.05) is 25.7 Å².